The molecule has 2 aromatic rings. The quantitative estimate of drug-likeness (QED) is 0.910. The van der Waals surface area contributed by atoms with Crippen LogP contribution in [0.25, 0.3) is 0 Å². The van der Waals surface area contributed by atoms with E-state index in [1.54, 1.807) is 0 Å². The number of ether oxygens (including phenoxy) is 1. The maximum atomic E-state index is 10.6. The molecule has 0 aliphatic heterocycles. The lowest BCUT2D eigenvalue weighted by Crippen LogP contribution is -2.03. The lowest BCUT2D eigenvalue weighted by atomic mass is 9.96. The molecule has 0 radical (unpaired) electrons. The molecule has 0 bridgehead atoms. The first-order valence-electron chi connectivity index (χ1n) is 7.15. The molecule has 1 fully saturated rings. The van der Waals surface area contributed by atoms with Crippen LogP contribution in [0.5, 0.6) is 5.75 Å². The Hall–Kier alpha value is -1.80. The zero-order valence-corrected chi connectivity index (χ0v) is 12.0. The second-order valence-corrected chi connectivity index (χ2v) is 5.65. The molecule has 0 saturated heterocycles. The van der Waals surface area contributed by atoms with Crippen LogP contribution in [0.15, 0.2) is 42.5 Å². The second kappa shape index (κ2) is 5.29. The smallest absolute Gasteiger partial charge is 0.120 e. The zero-order valence-electron chi connectivity index (χ0n) is 12.0. The summed E-state index contributed by atoms with van der Waals surface area (Å²) in [6.07, 6.45) is 2.06. The van der Waals surface area contributed by atoms with Crippen LogP contribution in [0.4, 0.5) is 0 Å². The molecule has 3 rings (SSSR count). The Morgan fingerprint density at radius 1 is 1.10 bits per heavy atom. The summed E-state index contributed by atoms with van der Waals surface area (Å²) in [6, 6.07) is 13.9. The molecule has 2 aromatic carbocycles. The Morgan fingerprint density at radius 3 is 2.60 bits per heavy atom. The lowest BCUT2D eigenvalue weighted by Gasteiger charge is -2.16. The first kappa shape index (κ1) is 13.2. The molecule has 1 aliphatic rings. The number of benzene rings is 2. The van der Waals surface area contributed by atoms with E-state index < -0.39 is 6.10 Å². The molecule has 2 nitrogen and oxygen atoms in total. The SMILES string of the molecule is Cc1ccc(C(O)c2cccc(OC3CC3)c2)c(C)c1. The molecule has 0 amide bonds. The van der Waals surface area contributed by atoms with E-state index in [0.29, 0.717) is 6.10 Å². The number of rotatable bonds is 4. The van der Waals surface area contributed by atoms with Crippen molar-refractivity contribution in [3.8, 4) is 5.75 Å². The van der Waals surface area contributed by atoms with Gasteiger partial charge in [0.05, 0.1) is 6.10 Å². The Balaban J connectivity index is 1.86. The molecule has 1 atom stereocenters. The van der Waals surface area contributed by atoms with Crippen molar-refractivity contribution < 1.29 is 9.84 Å². The summed E-state index contributed by atoms with van der Waals surface area (Å²) in [5, 5.41) is 10.6. The number of hydrogen-bond acceptors (Lipinski definition) is 2. The molecular formula is C18H20O2. The van der Waals surface area contributed by atoms with Gasteiger partial charge in [0, 0.05) is 0 Å². The van der Waals surface area contributed by atoms with E-state index in [0.717, 1.165) is 35.3 Å². The largest absolute Gasteiger partial charge is 0.490 e. The van der Waals surface area contributed by atoms with E-state index in [-0.39, 0.29) is 0 Å². The van der Waals surface area contributed by atoms with E-state index >= 15 is 0 Å². The molecule has 104 valence electrons. The molecular weight excluding hydrogens is 248 g/mol. The molecule has 0 aromatic heterocycles. The van der Waals surface area contributed by atoms with Crippen LogP contribution < -0.4 is 4.74 Å². The minimum Gasteiger partial charge on any atom is -0.490 e. The Labute approximate surface area is 120 Å². The highest BCUT2D eigenvalue weighted by molar-refractivity contribution is 5.40. The second-order valence-electron chi connectivity index (χ2n) is 5.65. The summed E-state index contributed by atoms with van der Waals surface area (Å²) in [5.41, 5.74) is 4.17. The van der Waals surface area contributed by atoms with Gasteiger partial charge in [-0.3, -0.25) is 0 Å². The molecule has 1 aliphatic carbocycles. The maximum Gasteiger partial charge on any atom is 0.120 e. The van der Waals surface area contributed by atoms with Crippen molar-refractivity contribution in [2.75, 3.05) is 0 Å². The third-order valence-corrected chi connectivity index (χ3v) is 3.72. The van der Waals surface area contributed by atoms with Crippen LogP contribution in [0.3, 0.4) is 0 Å². The third kappa shape index (κ3) is 2.86. The van der Waals surface area contributed by atoms with Crippen LogP contribution in [0, 0.1) is 13.8 Å². The summed E-state index contributed by atoms with van der Waals surface area (Å²) in [7, 11) is 0. The fraction of sp³-hybridized carbons (Fsp3) is 0.333. The van der Waals surface area contributed by atoms with Gasteiger partial charge in [-0.05, 0) is 55.5 Å². The Kier molecular flexibility index (Phi) is 3.49. The van der Waals surface area contributed by atoms with Gasteiger partial charge in [-0.25, -0.2) is 0 Å². The van der Waals surface area contributed by atoms with Gasteiger partial charge in [-0.15, -0.1) is 0 Å². The molecule has 1 saturated carbocycles. The van der Waals surface area contributed by atoms with Gasteiger partial charge in [-0.1, -0.05) is 35.9 Å². The van der Waals surface area contributed by atoms with Crippen LogP contribution >= 0.6 is 0 Å². The van der Waals surface area contributed by atoms with Crippen LogP contribution in [-0.2, 0) is 0 Å². The first-order valence-corrected chi connectivity index (χ1v) is 7.15. The number of aliphatic hydroxyl groups excluding tert-OH is 1. The van der Waals surface area contributed by atoms with Crippen molar-refractivity contribution in [2.24, 2.45) is 0 Å². The summed E-state index contributed by atoms with van der Waals surface area (Å²) in [4.78, 5) is 0. The Morgan fingerprint density at radius 2 is 1.90 bits per heavy atom. The van der Waals surface area contributed by atoms with Crippen molar-refractivity contribution in [2.45, 2.75) is 38.9 Å². The van der Waals surface area contributed by atoms with Gasteiger partial charge >= 0.3 is 0 Å². The van der Waals surface area contributed by atoms with E-state index in [2.05, 4.69) is 13.0 Å². The molecule has 2 heteroatoms. The van der Waals surface area contributed by atoms with Gasteiger partial charge in [0.2, 0.25) is 0 Å². The topological polar surface area (TPSA) is 29.5 Å². The average molecular weight is 268 g/mol. The molecule has 1 N–H and O–H groups in total. The van der Waals surface area contributed by atoms with Crippen molar-refractivity contribution in [1.29, 1.82) is 0 Å². The molecule has 1 unspecified atom stereocenters. The Bertz CT molecular complexity index is 615. The fourth-order valence-electron chi connectivity index (χ4n) is 2.45. The molecule has 20 heavy (non-hydrogen) atoms. The number of aliphatic hydroxyl groups is 1. The van der Waals surface area contributed by atoms with Gasteiger partial charge in [0.1, 0.15) is 11.9 Å². The normalized spacial score (nSPS) is 15.9. The highest BCUT2D eigenvalue weighted by atomic mass is 16.5. The van der Waals surface area contributed by atoms with Crippen LogP contribution in [0.2, 0.25) is 0 Å². The summed E-state index contributed by atoms with van der Waals surface area (Å²) in [5.74, 6) is 0.855. The van der Waals surface area contributed by atoms with Crippen LogP contribution in [0.1, 0.15) is 41.2 Å². The van der Waals surface area contributed by atoms with E-state index in [4.69, 9.17) is 4.74 Å². The first-order chi connectivity index (χ1) is 9.63. The fourth-order valence-corrected chi connectivity index (χ4v) is 2.45. The van der Waals surface area contributed by atoms with Gasteiger partial charge in [0.25, 0.3) is 0 Å². The highest BCUT2D eigenvalue weighted by Crippen LogP contribution is 2.31. The predicted molar refractivity (Wildman–Crippen MR) is 80.1 cm³/mol. The predicted octanol–water partition coefficient (Wildman–Crippen LogP) is 3.93. The highest BCUT2D eigenvalue weighted by Gasteiger charge is 2.23. The van der Waals surface area contributed by atoms with Gasteiger partial charge in [-0.2, -0.15) is 0 Å². The minimum absolute atomic E-state index is 0.378. The number of aryl methyl sites for hydroxylation is 2. The summed E-state index contributed by atoms with van der Waals surface area (Å²) >= 11 is 0. The summed E-state index contributed by atoms with van der Waals surface area (Å²) in [6.45, 7) is 4.10. The average Bonchev–Trinajstić information content (AvgIpc) is 3.22. The maximum absolute atomic E-state index is 10.6. The summed E-state index contributed by atoms with van der Waals surface area (Å²) < 4.78 is 5.79. The monoisotopic (exact) mass is 268 g/mol. The molecule has 0 heterocycles. The zero-order chi connectivity index (χ0) is 14.1. The standard InChI is InChI=1S/C18H20O2/c1-12-6-9-17(13(2)10-12)18(19)14-4-3-5-16(11-14)20-15-7-8-15/h3-6,9-11,15,18-19H,7-8H2,1-2H3. The van der Waals surface area contributed by atoms with E-state index in [1.807, 2.05) is 43.3 Å². The number of hydrogen-bond donors (Lipinski definition) is 1. The third-order valence-electron chi connectivity index (χ3n) is 3.72. The van der Waals surface area contributed by atoms with Crippen molar-refractivity contribution >= 4 is 0 Å². The van der Waals surface area contributed by atoms with Gasteiger partial charge < -0.3 is 9.84 Å². The molecule has 0 spiro atoms. The van der Waals surface area contributed by atoms with Gasteiger partial charge in [0.15, 0.2) is 0 Å². The van der Waals surface area contributed by atoms with Crippen LogP contribution in [-0.4, -0.2) is 11.2 Å². The lowest BCUT2D eigenvalue weighted by molar-refractivity contribution is 0.218. The van der Waals surface area contributed by atoms with Crippen molar-refractivity contribution in [3.63, 3.8) is 0 Å². The van der Waals surface area contributed by atoms with Crippen molar-refractivity contribution in [1.82, 2.24) is 0 Å². The van der Waals surface area contributed by atoms with E-state index in [9.17, 15) is 5.11 Å². The van der Waals surface area contributed by atoms with E-state index in [1.165, 1.54) is 5.56 Å². The minimum atomic E-state index is -0.599. The van der Waals surface area contributed by atoms with Crippen molar-refractivity contribution in [3.05, 3.63) is 64.7 Å².